The number of amides is 1. The minimum atomic E-state index is -0.177. The van der Waals surface area contributed by atoms with Crippen LogP contribution >= 0.6 is 22.9 Å². The van der Waals surface area contributed by atoms with Crippen molar-refractivity contribution in [3.8, 4) is 5.88 Å². The summed E-state index contributed by atoms with van der Waals surface area (Å²) in [5.74, 6) is 0.243. The largest absolute Gasteiger partial charge is 0.473 e. The second kappa shape index (κ2) is 8.14. The maximum atomic E-state index is 12.4. The van der Waals surface area contributed by atoms with Gasteiger partial charge in [-0.2, -0.15) is 0 Å². The van der Waals surface area contributed by atoms with Crippen LogP contribution in [-0.2, 0) is 6.61 Å². The number of carbonyl (C=O) groups excluding carboxylic acids is 1. The van der Waals surface area contributed by atoms with Gasteiger partial charge in [-0.25, -0.2) is 4.98 Å². The zero-order valence-electron chi connectivity index (χ0n) is 13.6. The lowest BCUT2D eigenvalue weighted by Crippen LogP contribution is -2.26. The highest BCUT2D eigenvalue weighted by atomic mass is 35.5. The number of carbonyl (C=O) groups is 1. The summed E-state index contributed by atoms with van der Waals surface area (Å²) in [6.07, 6.45) is 1.57. The molecule has 1 unspecified atom stereocenters. The van der Waals surface area contributed by atoms with Crippen molar-refractivity contribution in [2.45, 2.75) is 19.6 Å². The molecule has 1 aromatic carbocycles. The third-order valence-electron chi connectivity index (χ3n) is 3.59. The molecule has 25 heavy (non-hydrogen) atoms. The Balaban J connectivity index is 1.63. The highest BCUT2D eigenvalue weighted by Gasteiger charge is 2.14. The van der Waals surface area contributed by atoms with Gasteiger partial charge in [0.25, 0.3) is 5.91 Å². The molecule has 1 amide bonds. The molecule has 0 saturated carbocycles. The monoisotopic (exact) mass is 372 g/mol. The maximum absolute atomic E-state index is 12.4. The topological polar surface area (TPSA) is 51.2 Å². The van der Waals surface area contributed by atoms with Crippen LogP contribution < -0.4 is 10.1 Å². The smallest absolute Gasteiger partial charge is 0.252 e. The molecule has 0 aliphatic rings. The minimum absolute atomic E-state index is 0.119. The Morgan fingerprint density at radius 2 is 2.04 bits per heavy atom. The molecule has 0 radical (unpaired) electrons. The fourth-order valence-electron chi connectivity index (χ4n) is 2.27. The lowest BCUT2D eigenvalue weighted by atomic mass is 10.2. The molecular formula is C19H17ClN2O2S. The van der Waals surface area contributed by atoms with Crippen LogP contribution in [-0.4, -0.2) is 10.9 Å². The zero-order valence-corrected chi connectivity index (χ0v) is 15.2. The Morgan fingerprint density at radius 1 is 1.24 bits per heavy atom. The van der Waals surface area contributed by atoms with E-state index in [1.54, 1.807) is 18.3 Å². The first-order chi connectivity index (χ1) is 12.1. The summed E-state index contributed by atoms with van der Waals surface area (Å²) in [5, 5.41) is 2.96. The van der Waals surface area contributed by atoms with Gasteiger partial charge in [0.1, 0.15) is 6.61 Å². The van der Waals surface area contributed by atoms with Crippen LogP contribution in [0.5, 0.6) is 5.88 Å². The fourth-order valence-corrected chi connectivity index (χ4v) is 3.34. The molecule has 2 heterocycles. The average Bonchev–Trinajstić information content (AvgIpc) is 3.08. The van der Waals surface area contributed by atoms with Crippen molar-refractivity contribution < 1.29 is 9.53 Å². The van der Waals surface area contributed by atoms with E-state index in [0.29, 0.717) is 22.4 Å². The molecule has 1 atom stereocenters. The van der Waals surface area contributed by atoms with Crippen molar-refractivity contribution in [3.63, 3.8) is 0 Å². The zero-order chi connectivity index (χ0) is 17.6. The van der Waals surface area contributed by atoms with Gasteiger partial charge in [-0.1, -0.05) is 41.9 Å². The van der Waals surface area contributed by atoms with E-state index >= 15 is 0 Å². The summed E-state index contributed by atoms with van der Waals surface area (Å²) in [6, 6.07) is 16.7. The second-order valence-corrected chi connectivity index (χ2v) is 7.24. The molecule has 1 N–H and O–H groups in total. The minimum Gasteiger partial charge on any atom is -0.473 e. The standard InChI is InChI=1S/C19H17ClN2O2S/c1-13(16-7-8-17(20)25-16)22-19(23)15-9-10-21-18(11-15)24-12-14-5-3-2-4-6-14/h2-11,13H,12H2,1H3,(H,22,23). The SMILES string of the molecule is CC(NC(=O)c1ccnc(OCc2ccccc2)c1)c1ccc(Cl)s1. The summed E-state index contributed by atoms with van der Waals surface area (Å²) in [4.78, 5) is 17.6. The lowest BCUT2D eigenvalue weighted by Gasteiger charge is -2.13. The molecule has 6 heteroatoms. The number of hydrogen-bond acceptors (Lipinski definition) is 4. The number of pyridine rings is 1. The fraction of sp³-hybridized carbons (Fsp3) is 0.158. The van der Waals surface area contributed by atoms with E-state index < -0.39 is 0 Å². The molecular weight excluding hydrogens is 356 g/mol. The Labute approximate surface area is 155 Å². The maximum Gasteiger partial charge on any atom is 0.252 e. The quantitative estimate of drug-likeness (QED) is 0.671. The molecule has 0 saturated heterocycles. The third-order valence-corrected chi connectivity index (χ3v) is 5.01. The summed E-state index contributed by atoms with van der Waals surface area (Å²) in [5.41, 5.74) is 1.55. The number of hydrogen-bond donors (Lipinski definition) is 1. The third kappa shape index (κ3) is 4.81. The first-order valence-electron chi connectivity index (χ1n) is 7.80. The van der Waals surface area contributed by atoms with Crippen LogP contribution in [0.25, 0.3) is 0 Å². The highest BCUT2D eigenvalue weighted by Crippen LogP contribution is 2.26. The van der Waals surface area contributed by atoms with Crippen molar-refractivity contribution in [2.24, 2.45) is 0 Å². The van der Waals surface area contributed by atoms with Crippen LogP contribution in [0.3, 0.4) is 0 Å². The molecule has 128 valence electrons. The Hall–Kier alpha value is -2.37. The summed E-state index contributed by atoms with van der Waals surface area (Å²) in [7, 11) is 0. The summed E-state index contributed by atoms with van der Waals surface area (Å²) >= 11 is 7.40. The molecule has 3 rings (SSSR count). The van der Waals surface area contributed by atoms with Crippen LogP contribution in [0.4, 0.5) is 0 Å². The number of nitrogens with one attached hydrogen (secondary N) is 1. The van der Waals surface area contributed by atoms with E-state index in [9.17, 15) is 4.79 Å². The number of halogens is 1. The van der Waals surface area contributed by atoms with Crippen molar-refractivity contribution in [3.05, 3.63) is 81.1 Å². The summed E-state index contributed by atoms with van der Waals surface area (Å²) in [6.45, 7) is 2.33. The van der Waals surface area contributed by atoms with E-state index in [0.717, 1.165) is 10.4 Å². The van der Waals surface area contributed by atoms with E-state index in [2.05, 4.69) is 10.3 Å². The van der Waals surface area contributed by atoms with Crippen LogP contribution in [0.2, 0.25) is 4.34 Å². The Morgan fingerprint density at radius 3 is 2.76 bits per heavy atom. The van der Waals surface area contributed by atoms with Crippen LogP contribution in [0.1, 0.15) is 33.8 Å². The van der Waals surface area contributed by atoms with Crippen molar-refractivity contribution >= 4 is 28.8 Å². The average molecular weight is 373 g/mol. The predicted octanol–water partition coefficient (Wildman–Crippen LogP) is 4.87. The molecule has 3 aromatic rings. The predicted molar refractivity (Wildman–Crippen MR) is 100 cm³/mol. The lowest BCUT2D eigenvalue weighted by molar-refractivity contribution is 0.0939. The normalized spacial score (nSPS) is 11.8. The number of benzene rings is 1. The molecule has 0 aliphatic heterocycles. The van der Waals surface area contributed by atoms with Crippen LogP contribution in [0, 0.1) is 0 Å². The van der Waals surface area contributed by atoms with Crippen molar-refractivity contribution in [1.29, 1.82) is 0 Å². The van der Waals surface area contributed by atoms with E-state index in [-0.39, 0.29) is 11.9 Å². The van der Waals surface area contributed by atoms with Gasteiger partial charge in [-0.15, -0.1) is 11.3 Å². The van der Waals surface area contributed by atoms with Crippen molar-refractivity contribution in [1.82, 2.24) is 10.3 Å². The van der Waals surface area contributed by atoms with Gasteiger partial charge in [0.15, 0.2) is 0 Å². The molecule has 2 aromatic heterocycles. The van der Waals surface area contributed by atoms with Gasteiger partial charge in [-0.05, 0) is 30.7 Å². The van der Waals surface area contributed by atoms with Gasteiger partial charge in [0.2, 0.25) is 5.88 Å². The second-order valence-electron chi connectivity index (χ2n) is 5.49. The highest BCUT2D eigenvalue weighted by molar-refractivity contribution is 7.16. The number of nitrogens with zero attached hydrogens (tertiary/aromatic N) is 1. The summed E-state index contributed by atoms with van der Waals surface area (Å²) < 4.78 is 6.37. The first kappa shape index (κ1) is 17.5. The van der Waals surface area contributed by atoms with E-state index in [4.69, 9.17) is 16.3 Å². The van der Waals surface area contributed by atoms with Gasteiger partial charge >= 0.3 is 0 Å². The van der Waals surface area contributed by atoms with E-state index in [1.165, 1.54) is 11.3 Å². The van der Waals surface area contributed by atoms with Gasteiger partial charge < -0.3 is 10.1 Å². The number of rotatable bonds is 6. The number of aromatic nitrogens is 1. The van der Waals surface area contributed by atoms with E-state index in [1.807, 2.05) is 49.4 Å². The number of ether oxygens (including phenoxy) is 1. The Bertz CT molecular complexity index is 851. The van der Waals surface area contributed by atoms with Crippen LogP contribution in [0.15, 0.2) is 60.8 Å². The molecule has 4 nitrogen and oxygen atoms in total. The van der Waals surface area contributed by atoms with Gasteiger partial charge in [-0.3, -0.25) is 4.79 Å². The molecule has 0 bridgehead atoms. The number of thiophene rings is 1. The van der Waals surface area contributed by atoms with Gasteiger partial charge in [0.05, 0.1) is 10.4 Å². The Kier molecular flexibility index (Phi) is 5.68. The molecule has 0 fully saturated rings. The molecule has 0 spiro atoms. The first-order valence-corrected chi connectivity index (χ1v) is 9.00. The van der Waals surface area contributed by atoms with Crippen molar-refractivity contribution in [2.75, 3.05) is 0 Å². The molecule has 0 aliphatic carbocycles. The van der Waals surface area contributed by atoms with Gasteiger partial charge in [0, 0.05) is 22.7 Å².